The molecular formula is C23H18N4O6. The van der Waals surface area contributed by atoms with Crippen molar-refractivity contribution in [3.05, 3.63) is 99.1 Å². The highest BCUT2D eigenvalue weighted by molar-refractivity contribution is 6.21. The van der Waals surface area contributed by atoms with Gasteiger partial charge in [-0.1, -0.05) is 30.3 Å². The van der Waals surface area contributed by atoms with E-state index in [-0.39, 0.29) is 29.2 Å². The van der Waals surface area contributed by atoms with Gasteiger partial charge in [-0.25, -0.2) is 0 Å². The summed E-state index contributed by atoms with van der Waals surface area (Å²) in [6.45, 7) is -0.0335. The molecule has 2 N–H and O–H groups in total. The summed E-state index contributed by atoms with van der Waals surface area (Å²) in [6, 6.07) is 17.1. The molecule has 1 aliphatic heterocycles. The number of benzene rings is 3. The van der Waals surface area contributed by atoms with Gasteiger partial charge in [0.2, 0.25) is 0 Å². The van der Waals surface area contributed by atoms with Crippen molar-refractivity contribution in [2.75, 3.05) is 12.5 Å². The molecule has 1 heterocycles. The Morgan fingerprint density at radius 3 is 2.27 bits per heavy atom. The summed E-state index contributed by atoms with van der Waals surface area (Å²) in [5.74, 6) is -1.18. The van der Waals surface area contributed by atoms with Crippen LogP contribution in [0.3, 0.4) is 0 Å². The van der Waals surface area contributed by atoms with E-state index in [4.69, 9.17) is 4.74 Å². The van der Waals surface area contributed by atoms with Gasteiger partial charge in [0.15, 0.2) is 0 Å². The highest BCUT2D eigenvalue weighted by Gasteiger charge is 2.35. The molecule has 10 heteroatoms. The van der Waals surface area contributed by atoms with Crippen molar-refractivity contribution in [2.45, 2.75) is 6.54 Å². The Balaban J connectivity index is 1.54. The molecule has 33 heavy (non-hydrogen) atoms. The number of anilines is 1. The van der Waals surface area contributed by atoms with Gasteiger partial charge in [-0.05, 0) is 35.9 Å². The zero-order valence-electron chi connectivity index (χ0n) is 17.4. The number of carbonyl (C=O) groups excluding carboxylic acids is 3. The summed E-state index contributed by atoms with van der Waals surface area (Å²) < 4.78 is 5.25. The largest absolute Gasteiger partial charge is 0.496 e. The average molecular weight is 446 g/mol. The van der Waals surface area contributed by atoms with Crippen LogP contribution in [-0.4, -0.2) is 34.7 Å². The fourth-order valence-corrected chi connectivity index (χ4v) is 3.53. The molecule has 10 nitrogen and oxygen atoms in total. The van der Waals surface area contributed by atoms with Crippen molar-refractivity contribution in [3.63, 3.8) is 0 Å². The number of carbonyl (C=O) groups is 3. The predicted octanol–water partition coefficient (Wildman–Crippen LogP) is 3.16. The van der Waals surface area contributed by atoms with Crippen molar-refractivity contribution in [3.8, 4) is 5.75 Å². The van der Waals surface area contributed by atoms with E-state index >= 15 is 0 Å². The second kappa shape index (κ2) is 8.79. The third-order valence-electron chi connectivity index (χ3n) is 5.14. The topological polar surface area (TPSA) is 131 Å². The van der Waals surface area contributed by atoms with E-state index in [9.17, 15) is 24.5 Å². The number of amides is 3. The summed E-state index contributed by atoms with van der Waals surface area (Å²) in [4.78, 5) is 49.8. The lowest BCUT2D eigenvalue weighted by Gasteiger charge is -2.16. The van der Waals surface area contributed by atoms with Gasteiger partial charge in [-0.15, -0.1) is 0 Å². The van der Waals surface area contributed by atoms with Crippen LogP contribution in [0.5, 0.6) is 5.75 Å². The van der Waals surface area contributed by atoms with Gasteiger partial charge in [0.25, 0.3) is 23.4 Å². The van der Waals surface area contributed by atoms with Gasteiger partial charge in [0.1, 0.15) is 11.4 Å². The number of methoxy groups -OCH3 is 1. The Morgan fingerprint density at radius 2 is 1.64 bits per heavy atom. The Labute approximate surface area is 187 Å². The maximum absolute atomic E-state index is 12.8. The molecule has 0 saturated heterocycles. The van der Waals surface area contributed by atoms with Crippen LogP contribution in [0.15, 0.2) is 66.7 Å². The SMILES string of the molecule is COc1ccc(CN2C(=O)c3ccccc3C2=O)cc1C(=O)NNc1ccccc1[N+](=O)[O-]. The van der Waals surface area contributed by atoms with Gasteiger partial charge in [0, 0.05) is 6.07 Å². The molecule has 1 aliphatic rings. The highest BCUT2D eigenvalue weighted by atomic mass is 16.6. The van der Waals surface area contributed by atoms with Gasteiger partial charge in [-0.2, -0.15) is 0 Å². The molecule has 0 atom stereocenters. The lowest BCUT2D eigenvalue weighted by molar-refractivity contribution is -0.384. The minimum absolute atomic E-state index is 0.0335. The number of nitro benzene ring substituents is 1. The molecular weight excluding hydrogens is 428 g/mol. The van der Waals surface area contributed by atoms with Gasteiger partial charge >= 0.3 is 0 Å². The molecule has 0 bridgehead atoms. The van der Waals surface area contributed by atoms with Gasteiger partial charge in [0.05, 0.1) is 35.3 Å². The minimum Gasteiger partial charge on any atom is -0.496 e. The van der Waals surface area contributed by atoms with Crippen LogP contribution in [0.4, 0.5) is 11.4 Å². The normalized spacial score (nSPS) is 12.3. The van der Waals surface area contributed by atoms with Crippen molar-refractivity contribution in [2.24, 2.45) is 0 Å². The molecule has 3 aromatic rings. The van der Waals surface area contributed by atoms with E-state index in [1.54, 1.807) is 42.5 Å². The smallest absolute Gasteiger partial charge is 0.294 e. The number of ether oxygens (including phenoxy) is 1. The van der Waals surface area contributed by atoms with Crippen LogP contribution >= 0.6 is 0 Å². The number of hydrogen-bond acceptors (Lipinski definition) is 7. The average Bonchev–Trinajstić information content (AvgIpc) is 3.07. The highest BCUT2D eigenvalue weighted by Crippen LogP contribution is 2.27. The second-order valence-corrected chi connectivity index (χ2v) is 7.13. The van der Waals surface area contributed by atoms with Gasteiger partial charge < -0.3 is 4.74 Å². The third-order valence-corrected chi connectivity index (χ3v) is 5.14. The molecule has 0 unspecified atom stereocenters. The summed E-state index contributed by atoms with van der Waals surface area (Å²) in [5, 5.41) is 11.2. The van der Waals surface area contributed by atoms with Crippen LogP contribution in [-0.2, 0) is 6.54 Å². The van der Waals surface area contributed by atoms with Crippen molar-refractivity contribution >= 4 is 29.1 Å². The van der Waals surface area contributed by atoms with Crippen LogP contribution < -0.4 is 15.6 Å². The lowest BCUT2D eigenvalue weighted by Crippen LogP contribution is -2.31. The standard InChI is InChI=1S/C23H18N4O6/c1-33-20-11-10-14(13-26-22(29)15-6-2-3-7-16(15)23(26)30)12-17(20)21(28)25-24-18-8-4-5-9-19(18)27(31)32/h2-12,24H,13H2,1H3,(H,25,28). The van der Waals surface area contributed by atoms with Crippen molar-refractivity contribution in [1.29, 1.82) is 0 Å². The second-order valence-electron chi connectivity index (χ2n) is 7.13. The third kappa shape index (κ3) is 4.09. The van der Waals surface area contributed by atoms with Crippen molar-refractivity contribution in [1.82, 2.24) is 10.3 Å². The van der Waals surface area contributed by atoms with E-state index in [1.165, 1.54) is 31.4 Å². The fourth-order valence-electron chi connectivity index (χ4n) is 3.53. The first-order chi connectivity index (χ1) is 15.9. The summed E-state index contributed by atoms with van der Waals surface area (Å²) in [7, 11) is 1.39. The number of nitrogens with zero attached hydrogens (tertiary/aromatic N) is 2. The number of hydrogen-bond donors (Lipinski definition) is 2. The van der Waals surface area contributed by atoms with E-state index in [2.05, 4.69) is 10.9 Å². The molecule has 0 fully saturated rings. The number of hydrazine groups is 1. The first-order valence-electron chi connectivity index (χ1n) is 9.82. The number of nitro groups is 1. The van der Waals surface area contributed by atoms with E-state index in [0.717, 1.165) is 4.90 Å². The lowest BCUT2D eigenvalue weighted by atomic mass is 10.1. The summed E-state index contributed by atoms with van der Waals surface area (Å²) in [5.41, 5.74) is 6.19. The molecule has 4 rings (SSSR count). The summed E-state index contributed by atoms with van der Waals surface area (Å²) in [6.07, 6.45) is 0. The number of imide groups is 1. The van der Waals surface area contributed by atoms with E-state index in [0.29, 0.717) is 16.7 Å². The molecule has 0 radical (unpaired) electrons. The number of para-hydroxylation sites is 2. The zero-order valence-corrected chi connectivity index (χ0v) is 17.4. The molecule has 0 aliphatic carbocycles. The van der Waals surface area contributed by atoms with Crippen LogP contribution in [0, 0.1) is 10.1 Å². The van der Waals surface area contributed by atoms with Crippen LogP contribution in [0.1, 0.15) is 36.6 Å². The Kier molecular flexibility index (Phi) is 5.73. The zero-order chi connectivity index (χ0) is 23.5. The summed E-state index contributed by atoms with van der Waals surface area (Å²) >= 11 is 0. The minimum atomic E-state index is -0.616. The molecule has 0 saturated carbocycles. The van der Waals surface area contributed by atoms with Crippen molar-refractivity contribution < 1.29 is 24.0 Å². The van der Waals surface area contributed by atoms with Crippen LogP contribution in [0.2, 0.25) is 0 Å². The molecule has 0 aromatic heterocycles. The monoisotopic (exact) mass is 446 g/mol. The van der Waals surface area contributed by atoms with E-state index in [1.807, 2.05) is 0 Å². The number of rotatable bonds is 7. The van der Waals surface area contributed by atoms with Crippen LogP contribution in [0.25, 0.3) is 0 Å². The number of fused-ring (bicyclic) bond motifs is 1. The Bertz CT molecular complexity index is 1250. The predicted molar refractivity (Wildman–Crippen MR) is 118 cm³/mol. The van der Waals surface area contributed by atoms with E-state index < -0.39 is 22.6 Å². The Hall–Kier alpha value is -4.73. The molecule has 0 spiro atoms. The molecule has 166 valence electrons. The van der Waals surface area contributed by atoms with Gasteiger partial charge in [-0.3, -0.25) is 40.2 Å². The first-order valence-corrected chi connectivity index (χ1v) is 9.82. The molecule has 3 amide bonds. The quantitative estimate of drug-likeness (QED) is 0.324. The maximum atomic E-state index is 12.8. The molecule has 3 aromatic carbocycles. The Morgan fingerprint density at radius 1 is 1.00 bits per heavy atom. The number of nitrogens with one attached hydrogen (secondary N) is 2. The fraction of sp³-hybridized carbons (Fsp3) is 0.0870. The first kappa shape index (κ1) is 21.5. The maximum Gasteiger partial charge on any atom is 0.294 e.